The van der Waals surface area contributed by atoms with Gasteiger partial charge in [0.2, 0.25) is 11.8 Å². The van der Waals surface area contributed by atoms with Crippen LogP contribution >= 0.6 is 0 Å². The molecule has 0 spiro atoms. The lowest BCUT2D eigenvalue weighted by molar-refractivity contribution is -0.145. The van der Waals surface area contributed by atoms with Crippen molar-refractivity contribution < 1.29 is 24.2 Å². The van der Waals surface area contributed by atoms with Gasteiger partial charge in [-0.1, -0.05) is 88.2 Å². The molecule has 2 N–H and O–H groups in total. The maximum Gasteiger partial charge on any atom is 0.307 e. The molecule has 2 unspecified atom stereocenters. The highest BCUT2D eigenvalue weighted by Crippen LogP contribution is 2.39. The molecular formula is C37H43N3O5. The zero-order valence-electron chi connectivity index (χ0n) is 26.6. The van der Waals surface area contributed by atoms with Crippen LogP contribution in [0.4, 0.5) is 5.69 Å². The molecular weight excluding hydrogens is 566 g/mol. The number of hydrazone groups is 1. The van der Waals surface area contributed by atoms with Crippen LogP contribution in [0.3, 0.4) is 0 Å². The van der Waals surface area contributed by atoms with Gasteiger partial charge in [-0.15, -0.1) is 5.10 Å². The van der Waals surface area contributed by atoms with E-state index in [-0.39, 0.29) is 30.3 Å². The Balaban J connectivity index is 1.34. The van der Waals surface area contributed by atoms with Gasteiger partial charge < -0.3 is 15.2 Å². The number of ether oxygens (including phenoxy) is 1. The number of nitrogens with zero attached hydrogens (tertiary/aromatic N) is 2. The number of nitrogens with one attached hydrogen (secondary N) is 1. The largest absolute Gasteiger partial charge is 0.481 e. The van der Waals surface area contributed by atoms with Crippen molar-refractivity contribution >= 4 is 29.4 Å². The number of carboxylic acids is 1. The minimum Gasteiger partial charge on any atom is -0.481 e. The van der Waals surface area contributed by atoms with Crippen molar-refractivity contribution in [2.24, 2.45) is 22.4 Å². The quantitative estimate of drug-likeness (QED) is 0.260. The van der Waals surface area contributed by atoms with Crippen molar-refractivity contribution in [3.8, 4) is 0 Å². The number of hydrogen-bond donors (Lipinski definition) is 2. The lowest BCUT2D eigenvalue weighted by Gasteiger charge is -2.28. The van der Waals surface area contributed by atoms with Crippen LogP contribution in [-0.2, 0) is 32.1 Å². The van der Waals surface area contributed by atoms with Crippen LogP contribution in [0.15, 0.2) is 77.9 Å². The van der Waals surface area contributed by atoms with E-state index < -0.39 is 17.3 Å². The molecule has 0 aromatic heterocycles. The molecule has 2 amide bonds. The Morgan fingerprint density at radius 1 is 1.00 bits per heavy atom. The van der Waals surface area contributed by atoms with E-state index in [9.17, 15) is 19.5 Å². The minimum atomic E-state index is -0.817. The van der Waals surface area contributed by atoms with E-state index in [0.29, 0.717) is 24.6 Å². The van der Waals surface area contributed by atoms with E-state index in [1.807, 2.05) is 100 Å². The van der Waals surface area contributed by atoms with Gasteiger partial charge in [0.1, 0.15) is 0 Å². The predicted octanol–water partition coefficient (Wildman–Crippen LogP) is 6.92. The van der Waals surface area contributed by atoms with E-state index in [0.717, 1.165) is 53.5 Å². The fraction of sp³-hybridized carbons (Fsp3) is 0.405. The monoisotopic (exact) mass is 609 g/mol. The van der Waals surface area contributed by atoms with Crippen LogP contribution in [0.5, 0.6) is 0 Å². The predicted molar refractivity (Wildman–Crippen MR) is 175 cm³/mol. The first-order chi connectivity index (χ1) is 21.5. The number of carbonyl (C=O) groups excluding carboxylic acids is 2. The SMILES string of the molecule is Cc1c(CC(C(=O)O)C(C)(C)C)cccc1NC(=O)C(c1ccc(CN2N=C(c3ccccc3)OCC2=O)cc1)C1CCCC1. The molecule has 1 fully saturated rings. The number of anilines is 1. The summed E-state index contributed by atoms with van der Waals surface area (Å²) >= 11 is 0. The summed E-state index contributed by atoms with van der Waals surface area (Å²) in [6, 6.07) is 23.2. The number of carboxylic acid groups (broad SMARTS) is 1. The Bertz CT molecular complexity index is 1550. The average Bonchev–Trinajstić information content (AvgIpc) is 3.54. The molecule has 8 nitrogen and oxygen atoms in total. The van der Waals surface area contributed by atoms with Gasteiger partial charge in [-0.3, -0.25) is 14.4 Å². The van der Waals surface area contributed by atoms with Crippen molar-refractivity contribution in [3.05, 3.63) is 101 Å². The molecule has 3 aromatic rings. The number of hydrogen-bond acceptors (Lipinski definition) is 5. The van der Waals surface area contributed by atoms with Gasteiger partial charge >= 0.3 is 5.97 Å². The second kappa shape index (κ2) is 13.7. The summed E-state index contributed by atoms with van der Waals surface area (Å²) < 4.78 is 5.57. The van der Waals surface area contributed by atoms with Crippen LogP contribution in [0.2, 0.25) is 0 Å². The van der Waals surface area contributed by atoms with E-state index >= 15 is 0 Å². The van der Waals surface area contributed by atoms with Crippen molar-refractivity contribution in [2.45, 2.75) is 72.3 Å². The van der Waals surface area contributed by atoms with Crippen molar-refractivity contribution in [1.29, 1.82) is 0 Å². The van der Waals surface area contributed by atoms with Gasteiger partial charge in [0.15, 0.2) is 6.61 Å². The van der Waals surface area contributed by atoms with E-state index in [1.165, 1.54) is 5.01 Å². The van der Waals surface area contributed by atoms with Crippen LogP contribution in [0.25, 0.3) is 0 Å². The van der Waals surface area contributed by atoms with Gasteiger partial charge in [0.05, 0.1) is 18.4 Å². The third-order valence-electron chi connectivity index (χ3n) is 9.15. The molecule has 3 aromatic carbocycles. The molecule has 1 aliphatic heterocycles. The number of carbonyl (C=O) groups is 3. The molecule has 236 valence electrons. The fourth-order valence-corrected chi connectivity index (χ4v) is 6.41. The van der Waals surface area contributed by atoms with Crippen molar-refractivity contribution in [3.63, 3.8) is 0 Å². The smallest absolute Gasteiger partial charge is 0.307 e. The number of rotatable bonds is 10. The van der Waals surface area contributed by atoms with E-state index in [1.54, 1.807) is 0 Å². The lowest BCUT2D eigenvalue weighted by Crippen LogP contribution is -2.36. The maximum atomic E-state index is 14.0. The Morgan fingerprint density at radius 2 is 1.69 bits per heavy atom. The molecule has 0 bridgehead atoms. The normalized spacial score (nSPS) is 16.9. The third-order valence-corrected chi connectivity index (χ3v) is 9.15. The summed E-state index contributed by atoms with van der Waals surface area (Å²) in [5, 5.41) is 19.0. The topological polar surface area (TPSA) is 108 Å². The van der Waals surface area contributed by atoms with Crippen LogP contribution < -0.4 is 5.32 Å². The highest BCUT2D eigenvalue weighted by atomic mass is 16.5. The standard InChI is InChI=1S/C37H43N3O5/c1-24-29(21-30(36(43)44)37(2,3)4)15-10-16-31(24)38-34(42)33(26-11-8-9-12-26)27-19-17-25(18-20-27)22-40-32(41)23-45-35(39-40)28-13-6-5-7-14-28/h5-7,10,13-20,26,30,33H,8-9,11-12,21-23H2,1-4H3,(H,38,42)(H,43,44). The second-order valence-electron chi connectivity index (χ2n) is 13.3. The Morgan fingerprint density at radius 3 is 2.33 bits per heavy atom. The summed E-state index contributed by atoms with van der Waals surface area (Å²) in [4.78, 5) is 38.6. The average molecular weight is 610 g/mol. The molecule has 1 heterocycles. The van der Waals surface area contributed by atoms with Crippen LogP contribution in [0, 0.1) is 24.2 Å². The van der Waals surface area contributed by atoms with Gasteiger partial charge in [0.25, 0.3) is 5.91 Å². The van der Waals surface area contributed by atoms with Crippen molar-refractivity contribution in [1.82, 2.24) is 5.01 Å². The number of aliphatic carboxylic acids is 1. The van der Waals surface area contributed by atoms with Gasteiger partial charge in [-0.05, 0) is 78.0 Å². The molecule has 8 heteroatoms. The minimum absolute atomic E-state index is 0.0547. The first-order valence-electron chi connectivity index (χ1n) is 15.8. The van der Waals surface area contributed by atoms with E-state index in [4.69, 9.17) is 4.74 Å². The van der Waals surface area contributed by atoms with Gasteiger partial charge in [0, 0.05) is 11.3 Å². The third kappa shape index (κ3) is 7.62. The molecule has 0 radical (unpaired) electrons. The molecule has 5 rings (SSSR count). The van der Waals surface area contributed by atoms with Crippen LogP contribution in [-0.4, -0.2) is 40.4 Å². The summed E-state index contributed by atoms with van der Waals surface area (Å²) in [7, 11) is 0. The highest BCUT2D eigenvalue weighted by Gasteiger charge is 2.34. The second-order valence-corrected chi connectivity index (χ2v) is 13.3. The van der Waals surface area contributed by atoms with Gasteiger partial charge in [-0.25, -0.2) is 5.01 Å². The maximum absolute atomic E-state index is 14.0. The number of amides is 2. The lowest BCUT2D eigenvalue weighted by atomic mass is 9.76. The summed E-state index contributed by atoms with van der Waals surface area (Å²) in [5.41, 5.74) is 4.80. The first-order valence-corrected chi connectivity index (χ1v) is 15.8. The molecule has 2 aliphatic rings. The zero-order valence-corrected chi connectivity index (χ0v) is 26.6. The van der Waals surface area contributed by atoms with E-state index in [2.05, 4.69) is 10.4 Å². The highest BCUT2D eigenvalue weighted by molar-refractivity contribution is 5.98. The van der Waals surface area contributed by atoms with Crippen LogP contribution in [0.1, 0.15) is 80.2 Å². The Kier molecular flexibility index (Phi) is 9.71. The zero-order chi connectivity index (χ0) is 32.1. The number of benzene rings is 3. The molecule has 1 aliphatic carbocycles. The van der Waals surface area contributed by atoms with Gasteiger partial charge in [-0.2, -0.15) is 0 Å². The first kappa shape index (κ1) is 31.9. The summed E-state index contributed by atoms with van der Waals surface area (Å²) in [6.07, 6.45) is 4.58. The molecule has 45 heavy (non-hydrogen) atoms. The molecule has 0 saturated heterocycles. The Labute approximate surface area is 265 Å². The van der Waals surface area contributed by atoms with Crippen molar-refractivity contribution in [2.75, 3.05) is 11.9 Å². The summed E-state index contributed by atoms with van der Waals surface area (Å²) in [6.45, 7) is 8.01. The molecule has 2 atom stereocenters. The molecule has 1 saturated carbocycles. The Hall–Kier alpha value is -4.46. The summed E-state index contributed by atoms with van der Waals surface area (Å²) in [5.74, 6) is -1.30. The fourth-order valence-electron chi connectivity index (χ4n) is 6.41.